The number of carbonyl (C=O) groups excluding carboxylic acids is 2. The molecule has 0 unspecified atom stereocenters. The number of hydrogen-bond donors (Lipinski definition) is 1. The normalized spacial score (nSPS) is 20.1. The van der Waals surface area contributed by atoms with Crippen LogP contribution in [0.3, 0.4) is 0 Å². The third kappa shape index (κ3) is 4.28. The number of nitrogens with one attached hydrogen (secondary N) is 1. The lowest BCUT2D eigenvalue weighted by molar-refractivity contribution is -0.113. The Hall–Kier alpha value is -3.57. The Balaban J connectivity index is 1.07. The van der Waals surface area contributed by atoms with E-state index >= 15 is 0 Å². The van der Waals surface area contributed by atoms with Crippen molar-refractivity contribution in [2.24, 2.45) is 5.92 Å². The van der Waals surface area contributed by atoms with E-state index in [1.807, 2.05) is 36.4 Å². The van der Waals surface area contributed by atoms with Crippen LogP contribution in [-0.2, 0) is 16.1 Å². The van der Waals surface area contributed by atoms with Crippen LogP contribution in [0, 0.1) is 5.92 Å². The summed E-state index contributed by atoms with van der Waals surface area (Å²) in [6.45, 7) is 3.31. The first kappa shape index (κ1) is 22.9. The number of benzene rings is 2. The number of hydrogen-bond acceptors (Lipinski definition) is 8. The molecule has 10 nitrogen and oxygen atoms in total. The van der Waals surface area contributed by atoms with E-state index in [4.69, 9.17) is 9.47 Å². The van der Waals surface area contributed by atoms with Crippen molar-refractivity contribution in [3.05, 3.63) is 52.9 Å². The zero-order valence-electron chi connectivity index (χ0n) is 19.7. The van der Waals surface area contributed by atoms with E-state index in [-0.39, 0.29) is 23.7 Å². The Morgan fingerprint density at radius 1 is 1.11 bits per heavy atom. The van der Waals surface area contributed by atoms with Crippen LogP contribution in [0.2, 0.25) is 0 Å². The van der Waals surface area contributed by atoms with Crippen LogP contribution in [0.15, 0.2) is 52.3 Å². The molecule has 2 saturated heterocycles. The number of fused-ring (bicyclic) bond motifs is 2. The topological polar surface area (TPSA) is 106 Å². The average molecular weight is 508 g/mol. The molecule has 3 aliphatic heterocycles. The number of thioether (sulfide) groups is 1. The fourth-order valence-corrected chi connectivity index (χ4v) is 5.80. The van der Waals surface area contributed by atoms with E-state index in [1.54, 1.807) is 16.6 Å². The predicted molar refractivity (Wildman–Crippen MR) is 136 cm³/mol. The highest BCUT2D eigenvalue weighted by molar-refractivity contribution is 8.00. The third-order valence-corrected chi connectivity index (χ3v) is 7.84. The molecule has 0 saturated carbocycles. The number of methoxy groups -OCH3 is 1. The largest absolute Gasteiger partial charge is 0.497 e. The minimum atomic E-state index is -0.379. The molecule has 1 aromatic heterocycles. The number of likely N-dealkylation sites (tertiary alicyclic amines) is 1. The van der Waals surface area contributed by atoms with Gasteiger partial charge in [-0.15, -0.1) is 11.8 Å². The van der Waals surface area contributed by atoms with Gasteiger partial charge in [-0.05, 0) is 30.3 Å². The summed E-state index contributed by atoms with van der Waals surface area (Å²) in [5.41, 5.74) is 2.83. The van der Waals surface area contributed by atoms with Gasteiger partial charge >= 0.3 is 6.09 Å². The Bertz CT molecular complexity index is 1420. The van der Waals surface area contributed by atoms with Crippen molar-refractivity contribution in [1.82, 2.24) is 14.5 Å². The molecule has 1 atom stereocenters. The van der Waals surface area contributed by atoms with Gasteiger partial charge in [0.2, 0.25) is 5.91 Å². The molecule has 3 aromatic rings. The summed E-state index contributed by atoms with van der Waals surface area (Å²) in [4.78, 5) is 45.9. The lowest BCUT2D eigenvalue weighted by Crippen LogP contribution is -2.52. The summed E-state index contributed by atoms with van der Waals surface area (Å²) in [5, 5.41) is 2.86. The highest BCUT2D eigenvalue weighted by Crippen LogP contribution is 2.35. The number of aromatic nitrogens is 2. The van der Waals surface area contributed by atoms with Gasteiger partial charge in [0.1, 0.15) is 11.9 Å². The van der Waals surface area contributed by atoms with Crippen LogP contribution in [0.25, 0.3) is 11.0 Å². The Labute approximate surface area is 211 Å². The molecular formula is C25H25N5O5S. The van der Waals surface area contributed by atoms with Crippen molar-refractivity contribution in [2.45, 2.75) is 17.5 Å². The number of cyclic esters (lactones) is 1. The summed E-state index contributed by atoms with van der Waals surface area (Å²) in [6.07, 6.45) is 0.741. The molecular weight excluding hydrogens is 482 g/mol. The maximum absolute atomic E-state index is 12.6. The molecule has 11 heteroatoms. The second kappa shape index (κ2) is 9.14. The first-order valence-electron chi connectivity index (χ1n) is 11.8. The third-order valence-electron chi connectivity index (χ3n) is 6.77. The van der Waals surface area contributed by atoms with Gasteiger partial charge in [-0.3, -0.25) is 19.4 Å². The lowest BCUT2D eigenvalue weighted by atomic mass is 9.99. The van der Waals surface area contributed by atoms with E-state index in [0.29, 0.717) is 42.7 Å². The number of amides is 2. The molecule has 2 fully saturated rings. The number of carbonyl (C=O) groups is 2. The van der Waals surface area contributed by atoms with Gasteiger partial charge in [-0.2, -0.15) is 0 Å². The van der Waals surface area contributed by atoms with Gasteiger partial charge in [0.15, 0.2) is 0 Å². The summed E-state index contributed by atoms with van der Waals surface area (Å²) < 4.78 is 12.7. The summed E-state index contributed by atoms with van der Waals surface area (Å²) >= 11 is 1.49. The summed E-state index contributed by atoms with van der Waals surface area (Å²) in [6, 6.07) is 11.2. The smallest absolute Gasteiger partial charge is 0.414 e. The molecule has 0 radical (unpaired) electrons. The van der Waals surface area contributed by atoms with Crippen LogP contribution in [0.4, 0.5) is 16.2 Å². The number of rotatable bonds is 6. The summed E-state index contributed by atoms with van der Waals surface area (Å²) in [7, 11) is 1.60. The van der Waals surface area contributed by atoms with E-state index in [9.17, 15) is 14.4 Å². The van der Waals surface area contributed by atoms with Crippen LogP contribution >= 0.6 is 11.8 Å². The molecule has 4 heterocycles. The standard InChI is InChI=1S/C25H25N5O5S/c1-34-17-3-4-19-21(7-17)30(24(32)8-26-19)11-15-9-28(10-15)12-18-13-29(25(33)35-18)16-2-5-22-20(6-16)27-23(31)14-36-22/h2-8,15,18H,9-14H2,1H3,(H,27,31)/t18-/m1/s1. The maximum atomic E-state index is 12.6. The minimum absolute atomic E-state index is 0.0416. The molecule has 0 aliphatic carbocycles. The molecule has 186 valence electrons. The van der Waals surface area contributed by atoms with Gasteiger partial charge in [0.05, 0.1) is 42.3 Å². The maximum Gasteiger partial charge on any atom is 0.414 e. The lowest BCUT2D eigenvalue weighted by Gasteiger charge is -2.40. The molecule has 36 heavy (non-hydrogen) atoms. The van der Waals surface area contributed by atoms with E-state index in [1.165, 1.54) is 18.0 Å². The van der Waals surface area contributed by atoms with Crippen LogP contribution < -0.4 is 20.5 Å². The number of nitrogens with zero attached hydrogens (tertiary/aromatic N) is 4. The minimum Gasteiger partial charge on any atom is -0.497 e. The molecule has 1 N–H and O–H groups in total. The zero-order chi connectivity index (χ0) is 24.8. The van der Waals surface area contributed by atoms with Crippen LogP contribution in [-0.4, -0.2) is 71.6 Å². The Morgan fingerprint density at radius 3 is 2.81 bits per heavy atom. The fourth-order valence-electron chi connectivity index (χ4n) is 5.01. The number of ether oxygens (including phenoxy) is 2. The van der Waals surface area contributed by atoms with Crippen LogP contribution in [0.1, 0.15) is 0 Å². The second-order valence-corrected chi connectivity index (χ2v) is 10.3. The van der Waals surface area contributed by atoms with Crippen molar-refractivity contribution >= 4 is 46.2 Å². The van der Waals surface area contributed by atoms with E-state index in [0.717, 1.165) is 34.7 Å². The van der Waals surface area contributed by atoms with Gasteiger partial charge in [-0.1, -0.05) is 0 Å². The monoisotopic (exact) mass is 507 g/mol. The quantitative estimate of drug-likeness (QED) is 0.542. The first-order chi connectivity index (χ1) is 17.5. The van der Waals surface area contributed by atoms with Crippen molar-refractivity contribution in [3.63, 3.8) is 0 Å². The molecule has 2 aromatic carbocycles. The highest BCUT2D eigenvalue weighted by Gasteiger charge is 2.37. The summed E-state index contributed by atoms with van der Waals surface area (Å²) in [5.74, 6) is 1.36. The van der Waals surface area contributed by atoms with Crippen LogP contribution in [0.5, 0.6) is 5.75 Å². The van der Waals surface area contributed by atoms with Crippen molar-refractivity contribution in [1.29, 1.82) is 0 Å². The van der Waals surface area contributed by atoms with E-state index in [2.05, 4.69) is 15.2 Å². The molecule has 0 spiro atoms. The second-order valence-electron chi connectivity index (χ2n) is 9.28. The Morgan fingerprint density at radius 2 is 1.97 bits per heavy atom. The fraction of sp³-hybridized carbons (Fsp3) is 0.360. The van der Waals surface area contributed by atoms with E-state index < -0.39 is 0 Å². The van der Waals surface area contributed by atoms with Gasteiger partial charge in [0, 0.05) is 48.7 Å². The predicted octanol–water partition coefficient (Wildman–Crippen LogP) is 2.41. The van der Waals surface area contributed by atoms with Gasteiger partial charge in [-0.25, -0.2) is 9.78 Å². The molecule has 0 bridgehead atoms. The van der Waals surface area contributed by atoms with Crippen molar-refractivity contribution in [3.8, 4) is 5.75 Å². The number of anilines is 2. The first-order valence-corrected chi connectivity index (χ1v) is 12.8. The van der Waals surface area contributed by atoms with Gasteiger partial charge in [0.25, 0.3) is 5.56 Å². The molecule has 3 aliphatic rings. The zero-order valence-corrected chi connectivity index (χ0v) is 20.5. The SMILES string of the molecule is COc1ccc2ncc(=O)n(CC3CN(C[C@@H]4CN(c5ccc6c(c5)NC(=O)CS6)C(=O)O4)C3)c2c1. The molecule has 6 rings (SSSR count). The van der Waals surface area contributed by atoms with Crippen molar-refractivity contribution < 1.29 is 19.1 Å². The Kier molecular flexibility index (Phi) is 5.81. The molecule has 2 amide bonds. The average Bonchev–Trinajstić information content (AvgIpc) is 3.23. The highest BCUT2D eigenvalue weighted by atomic mass is 32.2. The van der Waals surface area contributed by atoms with Crippen molar-refractivity contribution in [2.75, 3.05) is 49.3 Å². The van der Waals surface area contributed by atoms with Gasteiger partial charge < -0.3 is 19.4 Å².